The van der Waals surface area contributed by atoms with E-state index in [2.05, 4.69) is 15.6 Å². The van der Waals surface area contributed by atoms with Crippen molar-refractivity contribution in [3.05, 3.63) is 65.3 Å². The maximum atomic E-state index is 12.1. The molecule has 1 heterocycles. The number of amides is 1. The molecule has 6 heteroatoms. The Kier molecular flexibility index (Phi) is 4.09. The number of aromatic nitrogens is 1. The first-order valence-corrected chi connectivity index (χ1v) is 7.36. The van der Waals surface area contributed by atoms with Crippen molar-refractivity contribution in [2.75, 3.05) is 5.32 Å². The van der Waals surface area contributed by atoms with Gasteiger partial charge in [-0.15, -0.1) is 0 Å². The van der Waals surface area contributed by atoms with Gasteiger partial charge in [-0.1, -0.05) is 29.8 Å². The van der Waals surface area contributed by atoms with Crippen LogP contribution in [0.4, 0.5) is 5.69 Å². The van der Waals surface area contributed by atoms with E-state index in [-0.39, 0.29) is 11.0 Å². The molecule has 4 nitrogen and oxygen atoms in total. The summed E-state index contributed by atoms with van der Waals surface area (Å²) < 4.78 is 0. The Balaban J connectivity index is 1.73. The van der Waals surface area contributed by atoms with Crippen LogP contribution >= 0.6 is 23.8 Å². The van der Waals surface area contributed by atoms with Gasteiger partial charge < -0.3 is 10.3 Å². The maximum absolute atomic E-state index is 12.1. The molecule has 0 radical (unpaired) electrons. The SMILES string of the molecule is O=C(NC(=S)Nc1cccc2cc[nH]c12)c1cccc(Cl)c1. The molecule has 0 unspecified atom stereocenters. The summed E-state index contributed by atoms with van der Waals surface area (Å²) in [5, 5.41) is 7.45. The van der Waals surface area contributed by atoms with Crippen LogP contribution in [0.5, 0.6) is 0 Å². The third-order valence-corrected chi connectivity index (χ3v) is 3.59. The summed E-state index contributed by atoms with van der Waals surface area (Å²) in [6.07, 6.45) is 1.85. The highest BCUT2D eigenvalue weighted by molar-refractivity contribution is 7.80. The lowest BCUT2D eigenvalue weighted by Crippen LogP contribution is -2.34. The lowest BCUT2D eigenvalue weighted by Gasteiger charge is -2.10. The highest BCUT2D eigenvalue weighted by atomic mass is 35.5. The van der Waals surface area contributed by atoms with Gasteiger partial charge in [-0.05, 0) is 42.5 Å². The minimum atomic E-state index is -0.307. The Morgan fingerprint density at radius 2 is 1.95 bits per heavy atom. The van der Waals surface area contributed by atoms with E-state index in [0.29, 0.717) is 10.6 Å². The molecule has 0 bridgehead atoms. The molecule has 22 heavy (non-hydrogen) atoms. The summed E-state index contributed by atoms with van der Waals surface area (Å²) in [6, 6.07) is 14.4. The number of nitrogens with one attached hydrogen (secondary N) is 3. The molecule has 2 aromatic carbocycles. The Morgan fingerprint density at radius 3 is 2.77 bits per heavy atom. The number of fused-ring (bicyclic) bond motifs is 1. The van der Waals surface area contributed by atoms with Crippen LogP contribution in [-0.4, -0.2) is 16.0 Å². The molecule has 0 atom stereocenters. The molecule has 110 valence electrons. The van der Waals surface area contributed by atoms with Crippen molar-refractivity contribution in [1.29, 1.82) is 0 Å². The topological polar surface area (TPSA) is 56.9 Å². The van der Waals surface area contributed by atoms with Crippen LogP contribution in [-0.2, 0) is 0 Å². The van der Waals surface area contributed by atoms with E-state index in [0.717, 1.165) is 16.6 Å². The normalized spacial score (nSPS) is 10.4. The Morgan fingerprint density at radius 1 is 1.14 bits per heavy atom. The van der Waals surface area contributed by atoms with E-state index < -0.39 is 0 Å². The number of rotatable bonds is 2. The number of aromatic amines is 1. The van der Waals surface area contributed by atoms with Crippen LogP contribution in [0.3, 0.4) is 0 Å². The third kappa shape index (κ3) is 3.10. The first-order chi connectivity index (χ1) is 10.6. The zero-order valence-electron chi connectivity index (χ0n) is 11.4. The summed E-state index contributed by atoms with van der Waals surface area (Å²) >= 11 is 11.1. The van der Waals surface area contributed by atoms with Crippen molar-refractivity contribution in [3.63, 3.8) is 0 Å². The van der Waals surface area contributed by atoms with Crippen molar-refractivity contribution >= 4 is 51.4 Å². The Hall–Kier alpha value is -2.37. The highest BCUT2D eigenvalue weighted by Crippen LogP contribution is 2.21. The number of carbonyl (C=O) groups is 1. The van der Waals surface area contributed by atoms with E-state index in [1.807, 2.05) is 30.5 Å². The minimum absolute atomic E-state index is 0.229. The fourth-order valence-corrected chi connectivity index (χ4v) is 2.54. The molecule has 0 saturated carbocycles. The van der Waals surface area contributed by atoms with E-state index in [9.17, 15) is 4.79 Å². The van der Waals surface area contributed by atoms with Crippen LogP contribution in [0.25, 0.3) is 10.9 Å². The van der Waals surface area contributed by atoms with E-state index >= 15 is 0 Å². The first-order valence-electron chi connectivity index (χ1n) is 6.57. The van der Waals surface area contributed by atoms with Crippen LogP contribution in [0.1, 0.15) is 10.4 Å². The molecule has 3 rings (SSSR count). The number of carbonyl (C=O) groups excluding carboxylic acids is 1. The molecule has 1 amide bonds. The highest BCUT2D eigenvalue weighted by Gasteiger charge is 2.09. The smallest absolute Gasteiger partial charge is 0.257 e. The largest absolute Gasteiger partial charge is 0.359 e. The minimum Gasteiger partial charge on any atom is -0.359 e. The molecule has 0 fully saturated rings. The molecule has 0 spiro atoms. The van der Waals surface area contributed by atoms with Gasteiger partial charge >= 0.3 is 0 Å². The molecular formula is C16H12ClN3OS. The van der Waals surface area contributed by atoms with Crippen molar-refractivity contribution in [1.82, 2.24) is 10.3 Å². The predicted octanol–water partition coefficient (Wildman–Crippen LogP) is 3.95. The lowest BCUT2D eigenvalue weighted by atomic mass is 10.2. The molecule has 0 aliphatic heterocycles. The number of hydrogen-bond acceptors (Lipinski definition) is 2. The van der Waals surface area contributed by atoms with E-state index in [1.54, 1.807) is 24.3 Å². The second-order valence-electron chi connectivity index (χ2n) is 4.67. The molecule has 0 saturated heterocycles. The summed E-state index contributed by atoms with van der Waals surface area (Å²) in [5.41, 5.74) is 2.19. The van der Waals surface area contributed by atoms with Gasteiger partial charge in [0.1, 0.15) is 0 Å². The summed E-state index contributed by atoms with van der Waals surface area (Å²) in [5.74, 6) is -0.307. The van der Waals surface area contributed by atoms with Crippen LogP contribution in [0.15, 0.2) is 54.7 Å². The van der Waals surface area contributed by atoms with Crippen molar-refractivity contribution in [2.45, 2.75) is 0 Å². The summed E-state index contributed by atoms with van der Waals surface area (Å²) in [7, 11) is 0. The lowest BCUT2D eigenvalue weighted by molar-refractivity contribution is 0.0977. The average molecular weight is 330 g/mol. The number of benzene rings is 2. The predicted molar refractivity (Wildman–Crippen MR) is 93.4 cm³/mol. The van der Waals surface area contributed by atoms with Crippen LogP contribution < -0.4 is 10.6 Å². The van der Waals surface area contributed by atoms with Gasteiger partial charge in [0.25, 0.3) is 5.91 Å². The van der Waals surface area contributed by atoms with Gasteiger partial charge in [0, 0.05) is 22.2 Å². The van der Waals surface area contributed by atoms with Gasteiger partial charge in [-0.2, -0.15) is 0 Å². The first kappa shape index (κ1) is 14.6. The second-order valence-corrected chi connectivity index (χ2v) is 5.51. The fourth-order valence-electron chi connectivity index (χ4n) is 2.15. The number of para-hydroxylation sites is 1. The maximum Gasteiger partial charge on any atom is 0.257 e. The number of anilines is 1. The summed E-state index contributed by atoms with van der Waals surface area (Å²) in [6.45, 7) is 0. The Labute approximate surface area is 137 Å². The monoisotopic (exact) mass is 329 g/mol. The van der Waals surface area contributed by atoms with Gasteiger partial charge in [-0.3, -0.25) is 10.1 Å². The molecule has 3 N–H and O–H groups in total. The van der Waals surface area contributed by atoms with Crippen molar-refractivity contribution in [2.24, 2.45) is 0 Å². The zero-order chi connectivity index (χ0) is 15.5. The van der Waals surface area contributed by atoms with Crippen molar-refractivity contribution in [3.8, 4) is 0 Å². The Bertz CT molecular complexity index is 859. The second kappa shape index (κ2) is 6.17. The van der Waals surface area contributed by atoms with E-state index in [4.69, 9.17) is 23.8 Å². The molecule has 0 aliphatic carbocycles. The van der Waals surface area contributed by atoms with E-state index in [1.165, 1.54) is 0 Å². The van der Waals surface area contributed by atoms with Gasteiger partial charge in [-0.25, -0.2) is 0 Å². The number of H-pyrrole nitrogens is 1. The van der Waals surface area contributed by atoms with Gasteiger partial charge in [0.15, 0.2) is 5.11 Å². The molecule has 3 aromatic rings. The quantitative estimate of drug-likeness (QED) is 0.624. The number of halogens is 1. The summed E-state index contributed by atoms with van der Waals surface area (Å²) in [4.78, 5) is 15.2. The van der Waals surface area contributed by atoms with Gasteiger partial charge in [0.05, 0.1) is 11.2 Å². The molecular weight excluding hydrogens is 318 g/mol. The van der Waals surface area contributed by atoms with Crippen LogP contribution in [0.2, 0.25) is 5.02 Å². The number of hydrogen-bond donors (Lipinski definition) is 3. The standard InChI is InChI=1S/C16H12ClN3OS/c17-12-5-1-4-11(9-12)15(21)20-16(22)19-13-6-2-3-10-7-8-18-14(10)13/h1-9,18H,(H2,19,20,21,22). The van der Waals surface area contributed by atoms with Gasteiger partial charge in [0.2, 0.25) is 0 Å². The zero-order valence-corrected chi connectivity index (χ0v) is 13.0. The molecule has 0 aliphatic rings. The third-order valence-electron chi connectivity index (χ3n) is 3.15. The molecule has 1 aromatic heterocycles. The average Bonchev–Trinajstić information content (AvgIpc) is 2.96. The number of thiocarbonyl (C=S) groups is 1. The fraction of sp³-hybridized carbons (Fsp3) is 0. The van der Waals surface area contributed by atoms with Crippen molar-refractivity contribution < 1.29 is 4.79 Å². The van der Waals surface area contributed by atoms with Crippen LogP contribution in [0, 0.1) is 0 Å².